The molecule has 0 N–H and O–H groups in total. The Morgan fingerprint density at radius 1 is 1.12 bits per heavy atom. The number of para-hydroxylation sites is 2. The number of thiazole rings is 1. The third-order valence-electron chi connectivity index (χ3n) is 5.07. The quantitative estimate of drug-likeness (QED) is 0.353. The van der Waals surface area contributed by atoms with Crippen LogP contribution in [-0.4, -0.2) is 56.7 Å². The fraction of sp³-hybridized carbons (Fsp3) is 0.333. The van der Waals surface area contributed by atoms with Gasteiger partial charge < -0.3 is 18.8 Å². The topological polar surface area (TPSA) is 68.0 Å². The number of aromatic nitrogens is 1. The van der Waals surface area contributed by atoms with Crippen LogP contribution in [0.2, 0.25) is 0 Å². The van der Waals surface area contributed by atoms with E-state index < -0.39 is 0 Å². The lowest BCUT2D eigenvalue weighted by atomic mass is 10.2. The summed E-state index contributed by atoms with van der Waals surface area (Å²) >= 11 is 1.47. The molecule has 0 saturated heterocycles. The first-order valence-corrected chi connectivity index (χ1v) is 11.4. The van der Waals surface area contributed by atoms with E-state index in [0.29, 0.717) is 35.4 Å². The molecule has 4 aromatic rings. The zero-order chi connectivity index (χ0) is 22.7. The van der Waals surface area contributed by atoms with E-state index in [1.807, 2.05) is 57.4 Å². The predicted octanol–water partition coefficient (Wildman–Crippen LogP) is 5.05. The highest BCUT2D eigenvalue weighted by Gasteiger charge is 2.25. The zero-order valence-electron chi connectivity index (χ0n) is 18.8. The van der Waals surface area contributed by atoms with Crippen molar-refractivity contribution in [2.75, 3.05) is 45.8 Å². The number of fused-ring (bicyclic) bond motifs is 2. The molecule has 0 spiro atoms. The summed E-state index contributed by atoms with van der Waals surface area (Å²) < 4.78 is 18.1. The Labute approximate surface area is 191 Å². The summed E-state index contributed by atoms with van der Waals surface area (Å²) in [6, 6.07) is 13.2. The molecule has 4 rings (SSSR count). The molecule has 0 fully saturated rings. The van der Waals surface area contributed by atoms with E-state index >= 15 is 0 Å². The van der Waals surface area contributed by atoms with Crippen molar-refractivity contribution in [3.05, 3.63) is 48.2 Å². The molecule has 32 heavy (non-hydrogen) atoms. The van der Waals surface area contributed by atoms with Gasteiger partial charge in [0.15, 0.2) is 22.2 Å². The monoisotopic (exact) mass is 453 g/mol. The summed E-state index contributed by atoms with van der Waals surface area (Å²) in [5.41, 5.74) is 1.33. The average Bonchev–Trinajstić information content (AvgIpc) is 3.41. The molecule has 2 aromatic carbocycles. The largest absolute Gasteiger partial charge is 0.494 e. The van der Waals surface area contributed by atoms with Crippen molar-refractivity contribution in [3.63, 3.8) is 0 Å². The molecule has 0 radical (unpaired) electrons. The molecule has 168 valence electrons. The first-order valence-electron chi connectivity index (χ1n) is 10.6. The highest BCUT2D eigenvalue weighted by atomic mass is 32.1. The molecule has 0 atom stereocenters. The van der Waals surface area contributed by atoms with Crippen molar-refractivity contribution in [3.8, 4) is 11.5 Å². The minimum absolute atomic E-state index is 0.222. The number of anilines is 1. The number of ether oxygens (including phenoxy) is 2. The number of nitrogens with zero attached hydrogens (tertiary/aromatic N) is 3. The molecular weight excluding hydrogens is 426 g/mol. The number of hydrogen-bond acceptors (Lipinski definition) is 7. The highest BCUT2D eigenvalue weighted by molar-refractivity contribution is 7.22. The summed E-state index contributed by atoms with van der Waals surface area (Å²) in [6.07, 6.45) is 0.802. The van der Waals surface area contributed by atoms with Crippen LogP contribution in [0.25, 0.3) is 21.2 Å². The Balaban J connectivity index is 1.72. The number of carbonyl (C=O) groups is 1. The first-order chi connectivity index (χ1) is 15.5. The van der Waals surface area contributed by atoms with Gasteiger partial charge in [0.2, 0.25) is 0 Å². The van der Waals surface area contributed by atoms with Gasteiger partial charge in [-0.1, -0.05) is 29.5 Å². The zero-order valence-corrected chi connectivity index (χ0v) is 19.6. The van der Waals surface area contributed by atoms with Crippen LogP contribution in [0, 0.1) is 0 Å². The van der Waals surface area contributed by atoms with Gasteiger partial charge in [0, 0.05) is 11.9 Å². The third-order valence-corrected chi connectivity index (χ3v) is 6.12. The SMILES string of the molecule is CCOc1cccc2cc(C(=O)N(CCCN(C)C)c3nc4c(OC)cccc4s3)oc12. The number of hydrogen-bond donors (Lipinski definition) is 0. The van der Waals surface area contributed by atoms with Crippen molar-refractivity contribution in [2.45, 2.75) is 13.3 Å². The van der Waals surface area contributed by atoms with Crippen LogP contribution in [0.3, 0.4) is 0 Å². The molecule has 0 aliphatic heterocycles. The van der Waals surface area contributed by atoms with E-state index in [9.17, 15) is 4.79 Å². The average molecular weight is 454 g/mol. The van der Waals surface area contributed by atoms with E-state index in [1.54, 1.807) is 18.1 Å². The van der Waals surface area contributed by atoms with Gasteiger partial charge in [-0.05, 0) is 58.3 Å². The van der Waals surface area contributed by atoms with Crippen LogP contribution in [-0.2, 0) is 0 Å². The summed E-state index contributed by atoms with van der Waals surface area (Å²) in [6.45, 7) is 3.82. The van der Waals surface area contributed by atoms with Crippen molar-refractivity contribution < 1.29 is 18.7 Å². The van der Waals surface area contributed by atoms with Crippen molar-refractivity contribution in [1.82, 2.24) is 9.88 Å². The van der Waals surface area contributed by atoms with Gasteiger partial charge in [-0.2, -0.15) is 0 Å². The van der Waals surface area contributed by atoms with E-state index in [4.69, 9.17) is 18.9 Å². The lowest BCUT2D eigenvalue weighted by Crippen LogP contribution is -2.33. The second-order valence-corrected chi connectivity index (χ2v) is 8.64. The number of carbonyl (C=O) groups excluding carboxylic acids is 1. The Morgan fingerprint density at radius 2 is 1.91 bits per heavy atom. The van der Waals surface area contributed by atoms with Crippen LogP contribution in [0.15, 0.2) is 46.9 Å². The molecule has 0 aliphatic carbocycles. The molecular formula is C24H27N3O4S. The van der Waals surface area contributed by atoms with Gasteiger partial charge in [-0.15, -0.1) is 0 Å². The lowest BCUT2D eigenvalue weighted by molar-refractivity contribution is 0.0961. The second-order valence-electron chi connectivity index (χ2n) is 7.64. The van der Waals surface area contributed by atoms with E-state index in [1.165, 1.54) is 11.3 Å². The van der Waals surface area contributed by atoms with Crippen LogP contribution in [0.5, 0.6) is 11.5 Å². The maximum Gasteiger partial charge on any atom is 0.295 e. The van der Waals surface area contributed by atoms with Gasteiger partial charge in [0.25, 0.3) is 5.91 Å². The number of furan rings is 1. The van der Waals surface area contributed by atoms with E-state index in [2.05, 4.69) is 4.90 Å². The molecule has 7 nitrogen and oxygen atoms in total. The number of benzene rings is 2. The van der Waals surface area contributed by atoms with Gasteiger partial charge in [-0.3, -0.25) is 9.69 Å². The van der Waals surface area contributed by atoms with Crippen LogP contribution in [0.4, 0.5) is 5.13 Å². The molecule has 0 aliphatic rings. The van der Waals surface area contributed by atoms with Gasteiger partial charge in [-0.25, -0.2) is 4.98 Å². The normalized spacial score (nSPS) is 11.4. The van der Waals surface area contributed by atoms with Crippen LogP contribution in [0.1, 0.15) is 23.9 Å². The maximum absolute atomic E-state index is 13.6. The highest BCUT2D eigenvalue weighted by Crippen LogP contribution is 2.36. The lowest BCUT2D eigenvalue weighted by Gasteiger charge is -2.19. The minimum Gasteiger partial charge on any atom is -0.494 e. The Bertz CT molecular complexity index is 1230. The predicted molar refractivity (Wildman–Crippen MR) is 128 cm³/mol. The molecule has 2 aromatic heterocycles. The van der Waals surface area contributed by atoms with Crippen molar-refractivity contribution >= 4 is 43.6 Å². The molecule has 0 saturated carbocycles. The summed E-state index contributed by atoms with van der Waals surface area (Å²) in [5.74, 6) is 1.37. The summed E-state index contributed by atoms with van der Waals surface area (Å²) in [4.78, 5) is 22.1. The van der Waals surface area contributed by atoms with Crippen LogP contribution >= 0.6 is 11.3 Å². The second kappa shape index (κ2) is 9.58. The minimum atomic E-state index is -0.222. The van der Waals surface area contributed by atoms with E-state index in [0.717, 1.165) is 28.6 Å². The van der Waals surface area contributed by atoms with Gasteiger partial charge in [0.05, 0.1) is 18.4 Å². The first kappa shape index (κ1) is 22.1. The third kappa shape index (κ3) is 4.42. The maximum atomic E-state index is 13.6. The fourth-order valence-corrected chi connectivity index (χ4v) is 4.57. The molecule has 0 bridgehead atoms. The Kier molecular flexibility index (Phi) is 6.62. The van der Waals surface area contributed by atoms with Gasteiger partial charge >= 0.3 is 0 Å². The molecule has 2 heterocycles. The number of methoxy groups -OCH3 is 1. The number of rotatable bonds is 9. The molecule has 8 heteroatoms. The number of amides is 1. The van der Waals surface area contributed by atoms with Gasteiger partial charge in [0.1, 0.15) is 11.3 Å². The van der Waals surface area contributed by atoms with Crippen molar-refractivity contribution in [2.24, 2.45) is 0 Å². The smallest absolute Gasteiger partial charge is 0.295 e. The van der Waals surface area contributed by atoms with Crippen LogP contribution < -0.4 is 14.4 Å². The van der Waals surface area contributed by atoms with Crippen molar-refractivity contribution in [1.29, 1.82) is 0 Å². The fourth-order valence-electron chi connectivity index (χ4n) is 3.56. The Hall–Kier alpha value is -3.10. The standard InChI is InChI=1S/C24H27N3O4S/c1-5-30-18-11-6-9-16-15-19(31-22(16)18)23(28)27(14-8-13-26(2)3)24-25-21-17(29-4)10-7-12-20(21)32-24/h6-7,9-12,15H,5,8,13-14H2,1-4H3. The Morgan fingerprint density at radius 3 is 2.66 bits per heavy atom. The molecule has 0 unspecified atom stereocenters. The van der Waals surface area contributed by atoms with E-state index in [-0.39, 0.29) is 11.7 Å². The summed E-state index contributed by atoms with van der Waals surface area (Å²) in [5, 5.41) is 1.46. The summed E-state index contributed by atoms with van der Waals surface area (Å²) in [7, 11) is 5.66. The molecule has 1 amide bonds.